The Bertz CT molecular complexity index is 500. The lowest BCUT2D eigenvalue weighted by Crippen LogP contribution is -2.41. The Morgan fingerprint density at radius 3 is 3.10 bits per heavy atom. The summed E-state index contributed by atoms with van der Waals surface area (Å²) in [5.74, 6) is 0.252. The zero-order valence-electron chi connectivity index (χ0n) is 12.1. The number of morpholine rings is 1. The van der Waals surface area contributed by atoms with Crippen LogP contribution >= 0.6 is 33.9 Å². The van der Waals surface area contributed by atoms with Crippen LogP contribution < -0.4 is 5.32 Å². The van der Waals surface area contributed by atoms with Crippen molar-refractivity contribution < 1.29 is 9.53 Å². The standard InChI is InChI=1S/C15H21IN2O2S/c16-14-10-11-12(2-1-3-13(11)21-14)17-5-4-15(19)18-6-8-20-9-7-18/h10,12,17H,1-9H2. The van der Waals surface area contributed by atoms with Gasteiger partial charge in [-0.1, -0.05) is 0 Å². The smallest absolute Gasteiger partial charge is 0.224 e. The van der Waals surface area contributed by atoms with E-state index in [0.717, 1.165) is 19.6 Å². The third-order valence-corrected chi connectivity index (χ3v) is 6.15. The molecule has 1 aromatic heterocycles. The zero-order chi connectivity index (χ0) is 14.7. The summed E-state index contributed by atoms with van der Waals surface area (Å²) in [6.45, 7) is 3.62. The molecule has 21 heavy (non-hydrogen) atoms. The van der Waals surface area contributed by atoms with E-state index in [-0.39, 0.29) is 5.91 Å². The van der Waals surface area contributed by atoms with Gasteiger partial charge in [-0.3, -0.25) is 4.79 Å². The summed E-state index contributed by atoms with van der Waals surface area (Å²) in [7, 11) is 0. The molecule has 1 aliphatic heterocycles. The number of hydrogen-bond donors (Lipinski definition) is 1. The molecule has 2 heterocycles. The van der Waals surface area contributed by atoms with E-state index in [9.17, 15) is 4.79 Å². The molecule has 3 rings (SSSR count). The normalized spacial score (nSPS) is 22.1. The monoisotopic (exact) mass is 420 g/mol. The molecule has 0 bridgehead atoms. The number of rotatable bonds is 4. The summed E-state index contributed by atoms with van der Waals surface area (Å²) in [4.78, 5) is 15.6. The molecule has 0 saturated carbocycles. The van der Waals surface area contributed by atoms with Crippen molar-refractivity contribution in [2.45, 2.75) is 31.7 Å². The predicted molar refractivity (Wildman–Crippen MR) is 92.7 cm³/mol. The average molecular weight is 420 g/mol. The van der Waals surface area contributed by atoms with Crippen molar-refractivity contribution in [3.05, 3.63) is 19.4 Å². The molecule has 0 spiro atoms. The minimum Gasteiger partial charge on any atom is -0.378 e. The van der Waals surface area contributed by atoms with Gasteiger partial charge in [0.2, 0.25) is 5.91 Å². The fourth-order valence-corrected chi connectivity index (χ4v) is 5.18. The first-order valence-electron chi connectivity index (χ1n) is 7.61. The van der Waals surface area contributed by atoms with Crippen molar-refractivity contribution in [2.75, 3.05) is 32.8 Å². The lowest BCUT2D eigenvalue weighted by molar-refractivity contribution is -0.135. The van der Waals surface area contributed by atoms with Gasteiger partial charge in [0.25, 0.3) is 0 Å². The first-order valence-corrected chi connectivity index (χ1v) is 9.50. The number of hydrogen-bond acceptors (Lipinski definition) is 4. The number of thiophene rings is 1. The van der Waals surface area contributed by atoms with Crippen LogP contribution in [0.1, 0.15) is 35.7 Å². The molecule has 4 nitrogen and oxygen atoms in total. The Morgan fingerprint density at radius 1 is 1.48 bits per heavy atom. The summed E-state index contributed by atoms with van der Waals surface area (Å²) in [6, 6.07) is 2.74. The van der Waals surface area contributed by atoms with Crippen molar-refractivity contribution >= 4 is 39.8 Å². The summed E-state index contributed by atoms with van der Waals surface area (Å²) >= 11 is 4.32. The van der Waals surface area contributed by atoms with Crippen LogP contribution in [0.15, 0.2) is 6.07 Å². The van der Waals surface area contributed by atoms with Gasteiger partial charge >= 0.3 is 0 Å². The van der Waals surface area contributed by atoms with Crippen LogP contribution in [-0.4, -0.2) is 43.7 Å². The fraction of sp³-hybridized carbons (Fsp3) is 0.667. The molecule has 116 valence electrons. The van der Waals surface area contributed by atoms with Crippen LogP contribution in [0.3, 0.4) is 0 Å². The number of carbonyl (C=O) groups is 1. The molecular weight excluding hydrogens is 399 g/mol. The minimum atomic E-state index is 0.252. The second-order valence-electron chi connectivity index (χ2n) is 5.57. The van der Waals surface area contributed by atoms with Gasteiger partial charge in [-0.05, 0) is 53.5 Å². The molecule has 1 amide bonds. The quantitative estimate of drug-likeness (QED) is 0.762. The van der Waals surface area contributed by atoms with E-state index in [2.05, 4.69) is 34.0 Å². The first-order chi connectivity index (χ1) is 10.2. The molecule has 0 radical (unpaired) electrons. The lowest BCUT2D eigenvalue weighted by atomic mass is 9.94. The highest BCUT2D eigenvalue weighted by atomic mass is 127. The number of nitrogens with one attached hydrogen (secondary N) is 1. The first kappa shape index (κ1) is 15.7. The van der Waals surface area contributed by atoms with E-state index in [1.54, 1.807) is 0 Å². The van der Waals surface area contributed by atoms with Crippen LogP contribution in [0, 0.1) is 2.88 Å². The number of halogens is 1. The number of aryl methyl sites for hydroxylation is 1. The Labute approximate surface area is 143 Å². The number of ether oxygens (including phenoxy) is 1. The van der Waals surface area contributed by atoms with Gasteiger partial charge < -0.3 is 15.0 Å². The number of fused-ring (bicyclic) bond motifs is 1. The van der Waals surface area contributed by atoms with Crippen LogP contribution in [0.4, 0.5) is 0 Å². The molecule has 1 aliphatic carbocycles. The second kappa shape index (κ2) is 7.39. The molecule has 1 saturated heterocycles. The van der Waals surface area contributed by atoms with Crippen molar-refractivity contribution in [3.8, 4) is 0 Å². The lowest BCUT2D eigenvalue weighted by Gasteiger charge is -2.28. The summed E-state index contributed by atoms with van der Waals surface area (Å²) in [5, 5.41) is 3.59. The van der Waals surface area contributed by atoms with Crippen LogP contribution in [0.25, 0.3) is 0 Å². The van der Waals surface area contributed by atoms with E-state index in [4.69, 9.17) is 4.74 Å². The third-order valence-electron chi connectivity index (χ3n) is 4.18. The van der Waals surface area contributed by atoms with Gasteiger partial charge in [0.15, 0.2) is 0 Å². The Morgan fingerprint density at radius 2 is 2.29 bits per heavy atom. The SMILES string of the molecule is O=C(CCNC1CCCc2sc(I)cc21)N1CCOCC1. The van der Waals surface area contributed by atoms with Gasteiger partial charge in [-0.25, -0.2) is 0 Å². The second-order valence-corrected chi connectivity index (χ2v) is 8.60. The van der Waals surface area contributed by atoms with Crippen molar-refractivity contribution in [3.63, 3.8) is 0 Å². The number of carbonyl (C=O) groups excluding carboxylic acids is 1. The predicted octanol–water partition coefficient (Wildman–Crippen LogP) is 2.57. The topological polar surface area (TPSA) is 41.6 Å². The molecule has 1 aromatic rings. The average Bonchev–Trinajstić information content (AvgIpc) is 2.89. The number of nitrogens with zero attached hydrogens (tertiary/aromatic N) is 1. The van der Waals surface area contributed by atoms with Crippen molar-refractivity contribution in [1.82, 2.24) is 10.2 Å². The Balaban J connectivity index is 1.48. The van der Waals surface area contributed by atoms with Gasteiger partial charge in [0.05, 0.1) is 16.1 Å². The summed E-state index contributed by atoms with van der Waals surface area (Å²) in [6.07, 6.45) is 4.24. The van der Waals surface area contributed by atoms with E-state index >= 15 is 0 Å². The fourth-order valence-electron chi connectivity index (χ4n) is 3.06. The van der Waals surface area contributed by atoms with Gasteiger partial charge in [0.1, 0.15) is 0 Å². The maximum atomic E-state index is 12.1. The molecule has 1 N–H and O–H groups in total. The van der Waals surface area contributed by atoms with Crippen molar-refractivity contribution in [1.29, 1.82) is 0 Å². The van der Waals surface area contributed by atoms with Crippen LogP contribution in [0.5, 0.6) is 0 Å². The molecule has 0 aromatic carbocycles. The van der Waals surface area contributed by atoms with E-state index in [1.165, 1.54) is 32.6 Å². The van der Waals surface area contributed by atoms with Crippen LogP contribution in [-0.2, 0) is 16.0 Å². The maximum absolute atomic E-state index is 12.1. The van der Waals surface area contributed by atoms with Gasteiger partial charge in [-0.2, -0.15) is 0 Å². The molecule has 2 aliphatic rings. The summed E-state index contributed by atoms with van der Waals surface area (Å²) < 4.78 is 6.65. The highest BCUT2D eigenvalue weighted by Crippen LogP contribution is 2.36. The highest BCUT2D eigenvalue weighted by molar-refractivity contribution is 14.1. The van der Waals surface area contributed by atoms with E-state index < -0.39 is 0 Å². The molecule has 1 atom stereocenters. The zero-order valence-corrected chi connectivity index (χ0v) is 15.0. The molecule has 1 fully saturated rings. The van der Waals surface area contributed by atoms with E-state index in [1.807, 2.05) is 16.2 Å². The highest BCUT2D eigenvalue weighted by Gasteiger charge is 2.23. The minimum absolute atomic E-state index is 0.252. The molecular formula is C15H21IN2O2S. The Kier molecular flexibility index (Phi) is 5.53. The largest absolute Gasteiger partial charge is 0.378 e. The Hall–Kier alpha value is -0.180. The maximum Gasteiger partial charge on any atom is 0.224 e. The third kappa shape index (κ3) is 3.97. The number of amides is 1. The van der Waals surface area contributed by atoms with Gasteiger partial charge in [-0.15, -0.1) is 11.3 Å². The van der Waals surface area contributed by atoms with Crippen molar-refractivity contribution in [2.24, 2.45) is 0 Å². The molecule has 1 unspecified atom stereocenters. The summed E-state index contributed by atoms with van der Waals surface area (Å²) in [5.41, 5.74) is 1.47. The van der Waals surface area contributed by atoms with E-state index in [0.29, 0.717) is 25.7 Å². The van der Waals surface area contributed by atoms with Crippen LogP contribution in [0.2, 0.25) is 0 Å². The molecule has 6 heteroatoms. The van der Waals surface area contributed by atoms with Gasteiger partial charge in [0, 0.05) is 37.0 Å².